The highest BCUT2D eigenvalue weighted by molar-refractivity contribution is 5.46. The first-order valence-corrected chi connectivity index (χ1v) is 10.7. The number of anilines is 1. The smallest absolute Gasteiger partial charge is 0.267 e. The summed E-state index contributed by atoms with van der Waals surface area (Å²) in [7, 11) is 0. The number of rotatable bonds is 5. The zero-order chi connectivity index (χ0) is 18.9. The maximum Gasteiger partial charge on any atom is 0.267 e. The van der Waals surface area contributed by atoms with Crippen LogP contribution in [0.5, 0.6) is 0 Å². The van der Waals surface area contributed by atoms with E-state index in [4.69, 9.17) is 0 Å². The number of hydrogen-bond acceptors (Lipinski definition) is 6. The van der Waals surface area contributed by atoms with Crippen molar-refractivity contribution in [3.05, 3.63) is 45.8 Å². The van der Waals surface area contributed by atoms with E-state index in [1.54, 1.807) is 4.68 Å². The van der Waals surface area contributed by atoms with Gasteiger partial charge in [0.1, 0.15) is 0 Å². The second-order valence-electron chi connectivity index (χ2n) is 8.25. The molecule has 0 atom stereocenters. The number of fused-ring (bicyclic) bond motifs is 1. The van der Waals surface area contributed by atoms with Gasteiger partial charge in [-0.2, -0.15) is 5.10 Å². The Balaban J connectivity index is 1.19. The zero-order valence-corrected chi connectivity index (χ0v) is 16.4. The van der Waals surface area contributed by atoms with Crippen LogP contribution in [0.25, 0.3) is 0 Å². The highest BCUT2D eigenvalue weighted by Gasteiger charge is 2.31. The molecule has 2 aliphatic carbocycles. The van der Waals surface area contributed by atoms with Gasteiger partial charge in [-0.15, -0.1) is 0 Å². The van der Waals surface area contributed by atoms with E-state index < -0.39 is 0 Å². The van der Waals surface area contributed by atoms with E-state index in [2.05, 4.69) is 24.9 Å². The molecule has 0 N–H and O–H groups in total. The standard InChI is InChI=1S/C21H28N6O/c28-19-15-17-3-1-2-4-18(17)24-27(19)14-11-25-9-12-26(13-10-25)21-20(16-5-6-16)22-7-8-23-21/h7-8,15-16H,1-6,9-14H2. The van der Waals surface area contributed by atoms with Crippen LogP contribution in [0.15, 0.2) is 23.3 Å². The zero-order valence-electron chi connectivity index (χ0n) is 16.4. The Hall–Kier alpha value is -2.28. The van der Waals surface area contributed by atoms with Crippen LogP contribution in [-0.4, -0.2) is 57.4 Å². The average Bonchev–Trinajstić information content (AvgIpc) is 3.58. The lowest BCUT2D eigenvalue weighted by atomic mass is 9.97. The Labute approximate surface area is 165 Å². The predicted octanol–water partition coefficient (Wildman–Crippen LogP) is 1.61. The molecule has 7 heteroatoms. The average molecular weight is 380 g/mol. The van der Waals surface area contributed by atoms with Crippen LogP contribution in [0, 0.1) is 0 Å². The molecule has 1 saturated heterocycles. The van der Waals surface area contributed by atoms with Gasteiger partial charge in [-0.05, 0) is 44.1 Å². The number of hydrogen-bond donors (Lipinski definition) is 0. The summed E-state index contributed by atoms with van der Waals surface area (Å²) >= 11 is 0. The Morgan fingerprint density at radius 1 is 0.964 bits per heavy atom. The van der Waals surface area contributed by atoms with Crippen molar-refractivity contribution in [3.63, 3.8) is 0 Å². The van der Waals surface area contributed by atoms with Crippen molar-refractivity contribution in [1.82, 2.24) is 24.6 Å². The Kier molecular flexibility index (Phi) is 4.84. The second-order valence-corrected chi connectivity index (χ2v) is 8.25. The lowest BCUT2D eigenvalue weighted by Crippen LogP contribution is -2.48. The molecule has 0 amide bonds. The molecule has 2 aromatic heterocycles. The summed E-state index contributed by atoms with van der Waals surface area (Å²) < 4.78 is 1.67. The van der Waals surface area contributed by atoms with E-state index in [9.17, 15) is 4.79 Å². The molecule has 0 unspecified atom stereocenters. The highest BCUT2D eigenvalue weighted by Crippen LogP contribution is 2.42. The maximum absolute atomic E-state index is 12.4. The fourth-order valence-corrected chi connectivity index (χ4v) is 4.41. The van der Waals surface area contributed by atoms with Crippen molar-refractivity contribution >= 4 is 5.82 Å². The third-order valence-corrected chi connectivity index (χ3v) is 6.24. The number of aromatic nitrogens is 4. The van der Waals surface area contributed by atoms with E-state index >= 15 is 0 Å². The molecule has 28 heavy (non-hydrogen) atoms. The number of aryl methyl sites for hydroxylation is 2. The topological polar surface area (TPSA) is 67.2 Å². The van der Waals surface area contributed by atoms with Gasteiger partial charge in [0.05, 0.1) is 17.9 Å². The summed E-state index contributed by atoms with van der Waals surface area (Å²) in [6, 6.07) is 1.81. The molecule has 5 rings (SSSR count). The van der Waals surface area contributed by atoms with E-state index in [0.29, 0.717) is 12.5 Å². The van der Waals surface area contributed by atoms with Gasteiger partial charge in [-0.3, -0.25) is 14.7 Å². The van der Waals surface area contributed by atoms with E-state index in [1.807, 2.05) is 18.5 Å². The first-order chi connectivity index (χ1) is 13.8. The van der Waals surface area contributed by atoms with E-state index in [-0.39, 0.29) is 5.56 Å². The molecule has 7 nitrogen and oxygen atoms in total. The van der Waals surface area contributed by atoms with Gasteiger partial charge in [0.2, 0.25) is 0 Å². The first kappa shape index (κ1) is 17.8. The predicted molar refractivity (Wildman–Crippen MR) is 108 cm³/mol. The minimum absolute atomic E-state index is 0.0490. The first-order valence-electron chi connectivity index (χ1n) is 10.7. The van der Waals surface area contributed by atoms with Crippen LogP contribution < -0.4 is 10.5 Å². The SMILES string of the molecule is O=c1cc2c(nn1CCN1CCN(c3nccnc3C3CC3)CC1)CCCC2. The summed E-state index contributed by atoms with van der Waals surface area (Å²) in [5.74, 6) is 1.70. The third-order valence-electron chi connectivity index (χ3n) is 6.24. The summed E-state index contributed by atoms with van der Waals surface area (Å²) in [6.07, 6.45) is 10.5. The summed E-state index contributed by atoms with van der Waals surface area (Å²) in [4.78, 5) is 26.4. The fourth-order valence-electron chi connectivity index (χ4n) is 4.41. The van der Waals surface area contributed by atoms with Crippen LogP contribution >= 0.6 is 0 Å². The minimum atomic E-state index is 0.0490. The Morgan fingerprint density at radius 2 is 1.75 bits per heavy atom. The van der Waals surface area contributed by atoms with Gasteiger partial charge in [0, 0.05) is 57.1 Å². The summed E-state index contributed by atoms with van der Waals surface area (Å²) in [5, 5.41) is 4.65. The maximum atomic E-state index is 12.4. The molecule has 0 spiro atoms. The number of piperazine rings is 1. The summed E-state index contributed by atoms with van der Waals surface area (Å²) in [5.41, 5.74) is 3.52. The van der Waals surface area contributed by atoms with Crippen LogP contribution in [-0.2, 0) is 19.4 Å². The molecule has 0 radical (unpaired) electrons. The quantitative estimate of drug-likeness (QED) is 0.785. The summed E-state index contributed by atoms with van der Waals surface area (Å²) in [6.45, 7) is 5.44. The normalized spacial score (nSPS) is 20.2. The van der Waals surface area contributed by atoms with Crippen molar-refractivity contribution in [1.29, 1.82) is 0 Å². The molecule has 1 aliphatic heterocycles. The van der Waals surface area contributed by atoms with Gasteiger partial charge < -0.3 is 4.90 Å². The highest BCUT2D eigenvalue weighted by atomic mass is 16.1. The largest absolute Gasteiger partial charge is 0.353 e. The van der Waals surface area contributed by atoms with Gasteiger partial charge >= 0.3 is 0 Å². The molecule has 0 bridgehead atoms. The van der Waals surface area contributed by atoms with Crippen LogP contribution in [0.2, 0.25) is 0 Å². The van der Waals surface area contributed by atoms with Crippen molar-refractivity contribution in [3.8, 4) is 0 Å². The van der Waals surface area contributed by atoms with E-state index in [0.717, 1.165) is 62.6 Å². The molecule has 0 aromatic carbocycles. The molecular formula is C21H28N6O. The molecule has 2 fully saturated rings. The van der Waals surface area contributed by atoms with E-state index in [1.165, 1.54) is 31.4 Å². The molecule has 3 heterocycles. The van der Waals surface area contributed by atoms with Crippen molar-refractivity contribution in [2.45, 2.75) is 51.0 Å². The van der Waals surface area contributed by atoms with Gasteiger partial charge in [0.15, 0.2) is 5.82 Å². The Bertz CT molecular complexity index is 898. The van der Waals surface area contributed by atoms with Crippen LogP contribution in [0.3, 0.4) is 0 Å². The molecule has 3 aliphatic rings. The molecule has 1 saturated carbocycles. The van der Waals surface area contributed by atoms with Gasteiger partial charge in [-0.25, -0.2) is 9.67 Å². The van der Waals surface area contributed by atoms with Gasteiger partial charge in [0.25, 0.3) is 5.56 Å². The van der Waals surface area contributed by atoms with Crippen LogP contribution in [0.1, 0.15) is 48.6 Å². The lowest BCUT2D eigenvalue weighted by Gasteiger charge is -2.36. The van der Waals surface area contributed by atoms with Gasteiger partial charge in [-0.1, -0.05) is 0 Å². The molecule has 148 valence electrons. The second kappa shape index (κ2) is 7.62. The monoisotopic (exact) mass is 380 g/mol. The third kappa shape index (κ3) is 3.68. The number of nitrogens with zero attached hydrogens (tertiary/aromatic N) is 6. The lowest BCUT2D eigenvalue weighted by molar-refractivity contribution is 0.241. The van der Waals surface area contributed by atoms with Crippen molar-refractivity contribution in [2.75, 3.05) is 37.6 Å². The van der Waals surface area contributed by atoms with Crippen molar-refractivity contribution < 1.29 is 0 Å². The fraction of sp³-hybridized carbons (Fsp3) is 0.619. The molecular weight excluding hydrogens is 352 g/mol. The Morgan fingerprint density at radius 3 is 2.57 bits per heavy atom. The van der Waals surface area contributed by atoms with Crippen LogP contribution in [0.4, 0.5) is 5.82 Å². The molecule has 2 aromatic rings. The minimum Gasteiger partial charge on any atom is -0.353 e. The van der Waals surface area contributed by atoms with Crippen molar-refractivity contribution in [2.24, 2.45) is 0 Å².